The van der Waals surface area contributed by atoms with Crippen LogP contribution in [0.3, 0.4) is 0 Å². The Bertz CT molecular complexity index is 1100. The number of hydrogen-bond donors (Lipinski definition) is 2. The summed E-state index contributed by atoms with van der Waals surface area (Å²) in [6, 6.07) is 5.53. The van der Waals surface area contributed by atoms with Gasteiger partial charge in [0, 0.05) is 34.9 Å². The van der Waals surface area contributed by atoms with E-state index < -0.39 is 17.7 Å². The van der Waals surface area contributed by atoms with Crippen molar-refractivity contribution < 1.29 is 14.3 Å². The number of fused-ring (bicyclic) bond motifs is 1. The third-order valence-electron chi connectivity index (χ3n) is 5.53. The summed E-state index contributed by atoms with van der Waals surface area (Å²) in [7, 11) is 0. The third kappa shape index (κ3) is 3.82. The minimum atomic E-state index is -1.04. The molecule has 2 N–H and O–H groups in total. The highest BCUT2D eigenvalue weighted by Gasteiger charge is 2.43. The Morgan fingerprint density at radius 2 is 1.90 bits per heavy atom. The van der Waals surface area contributed by atoms with E-state index in [-0.39, 0.29) is 12.3 Å². The first-order chi connectivity index (χ1) is 13.8. The molecule has 1 aliphatic carbocycles. The molecule has 29 heavy (non-hydrogen) atoms. The summed E-state index contributed by atoms with van der Waals surface area (Å²) < 4.78 is 13.0. The minimum absolute atomic E-state index is 0.282. The van der Waals surface area contributed by atoms with Crippen molar-refractivity contribution in [2.24, 2.45) is 5.92 Å². The molecule has 3 aromatic heterocycles. The summed E-state index contributed by atoms with van der Waals surface area (Å²) in [5, 5.41) is 14.8. The Hall–Kier alpha value is -2.93. The van der Waals surface area contributed by atoms with E-state index in [1.807, 2.05) is 26.0 Å². The molecule has 7 heteroatoms. The first kappa shape index (κ1) is 19.4. The molecule has 0 unspecified atom stereocenters. The molecule has 0 spiro atoms. The maximum Gasteiger partial charge on any atom is 0.231 e. The maximum absolute atomic E-state index is 13.0. The first-order valence-electron chi connectivity index (χ1n) is 9.69. The van der Waals surface area contributed by atoms with Gasteiger partial charge in [-0.05, 0) is 50.5 Å². The number of nitrogens with zero attached hydrogens (tertiary/aromatic N) is 3. The van der Waals surface area contributed by atoms with Crippen LogP contribution in [-0.2, 0) is 10.4 Å². The van der Waals surface area contributed by atoms with Crippen LogP contribution >= 0.6 is 0 Å². The fourth-order valence-electron chi connectivity index (χ4n) is 3.21. The van der Waals surface area contributed by atoms with Crippen LogP contribution in [-0.4, -0.2) is 32.1 Å². The zero-order chi connectivity index (χ0) is 20.8. The zero-order valence-corrected chi connectivity index (χ0v) is 16.6. The Balaban J connectivity index is 1.61. The summed E-state index contributed by atoms with van der Waals surface area (Å²) in [6.45, 7) is 5.63. The van der Waals surface area contributed by atoms with Crippen LogP contribution in [0.2, 0.25) is 0 Å². The van der Waals surface area contributed by atoms with Gasteiger partial charge in [0.05, 0.1) is 17.3 Å². The highest BCUT2D eigenvalue weighted by molar-refractivity contribution is 5.96. The van der Waals surface area contributed by atoms with E-state index in [0.717, 1.165) is 27.6 Å². The maximum atomic E-state index is 13.0. The molecule has 3 aromatic rings. The fourth-order valence-corrected chi connectivity index (χ4v) is 3.21. The number of amides is 1. The number of halogens is 1. The van der Waals surface area contributed by atoms with Crippen LogP contribution in [0.15, 0.2) is 36.8 Å². The molecule has 0 bridgehead atoms. The summed E-state index contributed by atoms with van der Waals surface area (Å²) in [5.41, 5.74) is 2.27. The molecule has 0 aromatic carbocycles. The molecule has 4 rings (SSSR count). The number of nitrogens with one attached hydrogen (secondary N) is 1. The summed E-state index contributed by atoms with van der Waals surface area (Å²) in [5.74, 6) is -0.501. The van der Waals surface area contributed by atoms with Gasteiger partial charge in [0.25, 0.3) is 0 Å². The second-order valence-electron chi connectivity index (χ2n) is 7.85. The van der Waals surface area contributed by atoms with Crippen molar-refractivity contribution in [1.82, 2.24) is 15.0 Å². The van der Waals surface area contributed by atoms with Crippen LogP contribution in [0.25, 0.3) is 22.0 Å². The number of aryl methyl sites for hydroxylation is 1. The van der Waals surface area contributed by atoms with Crippen molar-refractivity contribution in [3.8, 4) is 11.3 Å². The van der Waals surface area contributed by atoms with Crippen molar-refractivity contribution >= 4 is 22.5 Å². The number of hydrogen-bond acceptors (Lipinski definition) is 5. The number of anilines is 1. The molecule has 1 amide bonds. The van der Waals surface area contributed by atoms with Gasteiger partial charge < -0.3 is 10.4 Å². The topological polar surface area (TPSA) is 88.0 Å². The Labute approximate surface area is 168 Å². The van der Waals surface area contributed by atoms with Gasteiger partial charge in [-0.25, -0.2) is 9.37 Å². The molecule has 1 fully saturated rings. The van der Waals surface area contributed by atoms with Crippen LogP contribution in [0.4, 0.5) is 10.2 Å². The average molecular weight is 394 g/mol. The third-order valence-corrected chi connectivity index (χ3v) is 5.53. The highest BCUT2D eigenvalue weighted by atomic mass is 19.1. The number of aliphatic hydroxyl groups is 1. The average Bonchev–Trinajstić information content (AvgIpc) is 3.44. The lowest BCUT2D eigenvalue weighted by molar-refractivity contribution is -0.117. The fraction of sp³-hybridized carbons (Fsp3) is 0.364. The molecule has 3 atom stereocenters. The molecule has 0 aliphatic heterocycles. The predicted molar refractivity (Wildman–Crippen MR) is 109 cm³/mol. The van der Waals surface area contributed by atoms with Crippen LogP contribution in [0, 0.1) is 12.8 Å². The van der Waals surface area contributed by atoms with E-state index in [1.54, 1.807) is 31.6 Å². The highest BCUT2D eigenvalue weighted by Crippen LogP contribution is 2.35. The number of aromatic nitrogens is 3. The molecule has 3 heterocycles. The van der Waals surface area contributed by atoms with E-state index in [0.29, 0.717) is 17.9 Å². The van der Waals surface area contributed by atoms with E-state index in [9.17, 15) is 14.3 Å². The van der Waals surface area contributed by atoms with E-state index in [2.05, 4.69) is 20.3 Å². The number of rotatable bonds is 5. The summed E-state index contributed by atoms with van der Waals surface area (Å²) >= 11 is 0. The van der Waals surface area contributed by atoms with Gasteiger partial charge in [0.1, 0.15) is 17.6 Å². The Kier molecular flexibility index (Phi) is 4.78. The number of carbonyl (C=O) groups is 1. The van der Waals surface area contributed by atoms with Gasteiger partial charge in [-0.3, -0.25) is 14.8 Å². The number of carbonyl (C=O) groups excluding carboxylic acids is 1. The lowest BCUT2D eigenvalue weighted by atomic mass is 9.95. The van der Waals surface area contributed by atoms with Crippen molar-refractivity contribution in [2.75, 3.05) is 5.32 Å². The van der Waals surface area contributed by atoms with Crippen molar-refractivity contribution in [2.45, 2.75) is 45.4 Å². The van der Waals surface area contributed by atoms with Gasteiger partial charge in [-0.15, -0.1) is 0 Å². The standard InChI is InChI=1S/C22H23FN4O2/c1-4-22(3,29)19-5-12(2)16(11-25-19)18-6-13-10-26-20(7-14(13)9-24-18)27-21(28)15-8-17(15)23/h5-7,9-11,15,17,29H,4,8H2,1-3H3,(H,26,27,28)/t15-,17+,22+/m1/s1. The predicted octanol–water partition coefficient (Wildman–Crippen LogP) is 3.91. The van der Waals surface area contributed by atoms with Crippen LogP contribution < -0.4 is 5.32 Å². The largest absolute Gasteiger partial charge is 0.384 e. The molecule has 1 saturated carbocycles. The zero-order valence-electron chi connectivity index (χ0n) is 16.6. The second-order valence-corrected chi connectivity index (χ2v) is 7.85. The SMILES string of the molecule is CC[C@](C)(O)c1cc(C)c(-c2cc3cnc(NC(=O)[C@@H]4C[C@@H]4F)cc3cn2)cn1. The quantitative estimate of drug-likeness (QED) is 0.685. The molecule has 150 valence electrons. The van der Waals surface area contributed by atoms with E-state index in [4.69, 9.17) is 0 Å². The molecular weight excluding hydrogens is 371 g/mol. The lowest BCUT2D eigenvalue weighted by Crippen LogP contribution is -2.21. The van der Waals surface area contributed by atoms with E-state index >= 15 is 0 Å². The second kappa shape index (κ2) is 7.15. The van der Waals surface area contributed by atoms with Crippen LogP contribution in [0.5, 0.6) is 0 Å². The van der Waals surface area contributed by atoms with Crippen LogP contribution in [0.1, 0.15) is 37.9 Å². The summed E-state index contributed by atoms with van der Waals surface area (Å²) in [6.07, 6.45) is 4.92. The lowest BCUT2D eigenvalue weighted by Gasteiger charge is -2.21. The Morgan fingerprint density at radius 1 is 1.21 bits per heavy atom. The number of pyridine rings is 3. The smallest absolute Gasteiger partial charge is 0.231 e. The van der Waals surface area contributed by atoms with Gasteiger partial charge in [-0.2, -0.15) is 0 Å². The molecule has 0 radical (unpaired) electrons. The number of alkyl halides is 1. The van der Waals surface area contributed by atoms with Gasteiger partial charge in [0.15, 0.2) is 0 Å². The molecule has 0 saturated heterocycles. The van der Waals surface area contributed by atoms with Gasteiger partial charge >= 0.3 is 0 Å². The van der Waals surface area contributed by atoms with Gasteiger partial charge in [0.2, 0.25) is 5.91 Å². The van der Waals surface area contributed by atoms with Crippen molar-refractivity contribution in [3.63, 3.8) is 0 Å². The Morgan fingerprint density at radius 3 is 2.55 bits per heavy atom. The van der Waals surface area contributed by atoms with Crippen molar-refractivity contribution in [3.05, 3.63) is 48.0 Å². The normalized spacial score (nSPS) is 20.3. The summed E-state index contributed by atoms with van der Waals surface area (Å²) in [4.78, 5) is 25.1. The monoisotopic (exact) mass is 394 g/mol. The van der Waals surface area contributed by atoms with Gasteiger partial charge in [-0.1, -0.05) is 6.92 Å². The first-order valence-corrected chi connectivity index (χ1v) is 9.69. The van der Waals surface area contributed by atoms with E-state index in [1.165, 1.54) is 0 Å². The molecular formula is C22H23FN4O2. The van der Waals surface area contributed by atoms with Crippen molar-refractivity contribution in [1.29, 1.82) is 0 Å². The molecule has 1 aliphatic rings. The minimum Gasteiger partial charge on any atom is -0.384 e. The molecule has 6 nitrogen and oxygen atoms in total.